The van der Waals surface area contributed by atoms with Gasteiger partial charge < -0.3 is 20.0 Å². The summed E-state index contributed by atoms with van der Waals surface area (Å²) in [5.74, 6) is -3.78. The smallest absolute Gasteiger partial charge is 0.540 e. The second-order valence-corrected chi connectivity index (χ2v) is 4.45. The van der Waals surface area contributed by atoms with Crippen molar-refractivity contribution >= 4 is 34.2 Å². The molecule has 0 radical (unpaired) electrons. The van der Waals surface area contributed by atoms with E-state index in [2.05, 4.69) is 10.1 Å². The first-order valence-corrected chi connectivity index (χ1v) is 5.40. The molecule has 1 aromatic heterocycles. The number of methoxy groups -OCH3 is 1. The first kappa shape index (κ1) is 17.7. The third kappa shape index (κ3) is 3.87. The van der Waals surface area contributed by atoms with Crippen LogP contribution in [-0.2, 0) is 14.3 Å². The Hall–Kier alpha value is -0.254. The van der Waals surface area contributed by atoms with Gasteiger partial charge in [-0.3, -0.25) is 4.79 Å². The van der Waals surface area contributed by atoms with Crippen LogP contribution in [0, 0.1) is 13.8 Å². The molecule has 1 aromatic rings. The Kier molecular flexibility index (Phi) is 7.26. The van der Waals surface area contributed by atoms with Crippen LogP contribution in [0.2, 0.25) is 0 Å². The number of thiophene rings is 1. The molecule has 0 aliphatic carbocycles. The first-order valence-electron chi connectivity index (χ1n) is 4.59. The van der Waals surface area contributed by atoms with Gasteiger partial charge in [-0.15, -0.1) is 11.3 Å². The van der Waals surface area contributed by atoms with Crippen molar-refractivity contribution < 1.29 is 75.6 Å². The molecule has 0 aliphatic rings. The van der Waals surface area contributed by atoms with E-state index in [0.717, 1.165) is 16.2 Å². The molecule has 0 atom stereocenters. The summed E-state index contributed by atoms with van der Waals surface area (Å²) in [7, 11) is 1.21. The minimum Gasteiger partial charge on any atom is -0.540 e. The van der Waals surface area contributed by atoms with Crippen LogP contribution >= 0.6 is 11.3 Å². The second kappa shape index (κ2) is 7.36. The maximum Gasteiger partial charge on any atom is 1.00 e. The number of rotatable bonds is 2. The molecule has 0 saturated carbocycles. The number of aryl methyl sites for hydroxylation is 1. The standard InChI is InChI=1S/C10H11NO5S.K/c1-4-5(2)17-8(6(4)10(15)16-3)11-7(12)9(13)14;/h1-3H3,(H,11,12)(H,13,14);/q;+1/p-1. The fourth-order valence-electron chi connectivity index (χ4n) is 1.22. The van der Waals surface area contributed by atoms with Gasteiger partial charge in [0.1, 0.15) is 11.0 Å². The molecule has 0 aromatic carbocycles. The van der Waals surface area contributed by atoms with E-state index in [1.54, 1.807) is 13.8 Å². The van der Waals surface area contributed by atoms with Crippen molar-refractivity contribution in [3.05, 3.63) is 16.0 Å². The van der Waals surface area contributed by atoms with Crippen LogP contribution in [0.1, 0.15) is 20.8 Å². The second-order valence-electron chi connectivity index (χ2n) is 3.22. The van der Waals surface area contributed by atoms with Gasteiger partial charge >= 0.3 is 57.4 Å². The monoisotopic (exact) mass is 295 g/mol. The van der Waals surface area contributed by atoms with Crippen LogP contribution in [0.15, 0.2) is 0 Å². The summed E-state index contributed by atoms with van der Waals surface area (Å²) in [6.45, 7) is 3.44. The van der Waals surface area contributed by atoms with Crippen molar-refractivity contribution in [2.24, 2.45) is 0 Å². The third-order valence-corrected chi connectivity index (χ3v) is 3.31. The molecule has 0 spiro atoms. The molecule has 0 aliphatic heterocycles. The van der Waals surface area contributed by atoms with E-state index < -0.39 is 17.8 Å². The average Bonchev–Trinajstić information content (AvgIpc) is 2.53. The number of anilines is 1. The number of carbonyl (C=O) groups is 3. The van der Waals surface area contributed by atoms with Gasteiger partial charge in [0.05, 0.1) is 12.7 Å². The molecule has 92 valence electrons. The van der Waals surface area contributed by atoms with E-state index in [4.69, 9.17) is 0 Å². The van der Waals surface area contributed by atoms with Crippen LogP contribution in [0.4, 0.5) is 5.00 Å². The summed E-state index contributed by atoms with van der Waals surface area (Å²) in [6, 6.07) is 0. The van der Waals surface area contributed by atoms with Crippen LogP contribution < -0.4 is 61.8 Å². The molecule has 1 rings (SSSR count). The Morgan fingerprint density at radius 1 is 1.28 bits per heavy atom. The van der Waals surface area contributed by atoms with Crippen LogP contribution in [0.5, 0.6) is 0 Å². The van der Waals surface area contributed by atoms with E-state index in [9.17, 15) is 19.5 Å². The van der Waals surface area contributed by atoms with E-state index in [-0.39, 0.29) is 61.9 Å². The Bertz CT molecular complexity index is 497. The van der Waals surface area contributed by atoms with Gasteiger partial charge in [0, 0.05) is 4.88 Å². The normalized spacial score (nSPS) is 9.28. The van der Waals surface area contributed by atoms with Gasteiger partial charge in [-0.25, -0.2) is 4.79 Å². The van der Waals surface area contributed by atoms with E-state index in [1.807, 2.05) is 0 Å². The average molecular weight is 295 g/mol. The molecule has 0 unspecified atom stereocenters. The molecule has 0 fully saturated rings. The third-order valence-electron chi connectivity index (χ3n) is 2.19. The van der Waals surface area contributed by atoms with Crippen LogP contribution in [-0.4, -0.2) is 25.0 Å². The number of hydrogen-bond donors (Lipinski definition) is 1. The Labute approximate surface area is 150 Å². The van der Waals surface area contributed by atoms with Gasteiger partial charge in [-0.1, -0.05) is 0 Å². The molecule has 1 N–H and O–H groups in total. The summed E-state index contributed by atoms with van der Waals surface area (Å²) < 4.78 is 4.57. The number of aliphatic carboxylic acids is 1. The van der Waals surface area contributed by atoms with Crippen molar-refractivity contribution in [1.82, 2.24) is 0 Å². The molecule has 1 amide bonds. The summed E-state index contributed by atoms with van der Waals surface area (Å²) in [5, 5.41) is 12.6. The predicted octanol–water partition coefficient (Wildman–Crippen LogP) is -3.16. The predicted molar refractivity (Wildman–Crippen MR) is 58.8 cm³/mol. The van der Waals surface area contributed by atoms with Crippen molar-refractivity contribution in [3.63, 3.8) is 0 Å². The largest absolute Gasteiger partial charge is 1.00 e. The number of esters is 1. The van der Waals surface area contributed by atoms with Crippen LogP contribution in [0.25, 0.3) is 0 Å². The number of carboxylic acid groups (broad SMARTS) is 1. The van der Waals surface area contributed by atoms with E-state index >= 15 is 0 Å². The van der Waals surface area contributed by atoms with Crippen molar-refractivity contribution in [2.75, 3.05) is 12.4 Å². The van der Waals surface area contributed by atoms with Gasteiger partial charge in [-0.05, 0) is 19.4 Å². The van der Waals surface area contributed by atoms with Gasteiger partial charge in [0.15, 0.2) is 0 Å². The zero-order chi connectivity index (χ0) is 13.2. The van der Waals surface area contributed by atoms with Gasteiger partial charge in [-0.2, -0.15) is 0 Å². The fourth-order valence-corrected chi connectivity index (χ4v) is 2.26. The van der Waals surface area contributed by atoms with E-state index in [1.165, 1.54) is 7.11 Å². The number of hydrogen-bond acceptors (Lipinski definition) is 6. The van der Waals surface area contributed by atoms with Crippen molar-refractivity contribution in [2.45, 2.75) is 13.8 Å². The van der Waals surface area contributed by atoms with E-state index in [0.29, 0.717) is 5.56 Å². The maximum absolute atomic E-state index is 11.5. The molecule has 18 heavy (non-hydrogen) atoms. The number of amides is 1. The molecule has 0 saturated heterocycles. The van der Waals surface area contributed by atoms with Crippen molar-refractivity contribution in [3.8, 4) is 0 Å². The summed E-state index contributed by atoms with van der Waals surface area (Å²) in [6.07, 6.45) is 0. The minimum atomic E-state index is -1.86. The Balaban J connectivity index is 0.00000289. The fraction of sp³-hybridized carbons (Fsp3) is 0.300. The van der Waals surface area contributed by atoms with Gasteiger partial charge in [0.25, 0.3) is 5.91 Å². The summed E-state index contributed by atoms with van der Waals surface area (Å²) in [5.41, 5.74) is 0.820. The Morgan fingerprint density at radius 3 is 2.28 bits per heavy atom. The number of carboxylic acids is 1. The topological polar surface area (TPSA) is 95.5 Å². The number of ether oxygens (including phenoxy) is 1. The molecular formula is C10H10KNO5S. The molecule has 6 nitrogen and oxygen atoms in total. The molecular weight excluding hydrogens is 285 g/mol. The molecule has 0 bridgehead atoms. The minimum absolute atomic E-state index is 0. The summed E-state index contributed by atoms with van der Waals surface area (Å²) in [4.78, 5) is 33.6. The molecule has 8 heteroatoms. The first-order chi connectivity index (χ1) is 7.88. The number of carbonyl (C=O) groups excluding carboxylic acids is 3. The zero-order valence-corrected chi connectivity index (χ0v) is 14.4. The SMILES string of the molecule is COC(=O)c1c(NC(=O)C(=O)[O-])sc(C)c1C.[K+]. The van der Waals surface area contributed by atoms with Crippen molar-refractivity contribution in [1.29, 1.82) is 0 Å². The maximum atomic E-state index is 11.5. The quantitative estimate of drug-likeness (QED) is 0.353. The number of nitrogens with one attached hydrogen (secondary N) is 1. The molecule has 1 heterocycles. The van der Waals surface area contributed by atoms with Crippen LogP contribution in [0.3, 0.4) is 0 Å². The van der Waals surface area contributed by atoms with Gasteiger partial charge in [0.2, 0.25) is 0 Å². The zero-order valence-electron chi connectivity index (χ0n) is 10.4. The summed E-state index contributed by atoms with van der Waals surface area (Å²) >= 11 is 1.11. The Morgan fingerprint density at radius 2 is 1.83 bits per heavy atom.